The zero-order valence-electron chi connectivity index (χ0n) is 17.6. The quantitative estimate of drug-likeness (QED) is 0.483. The normalized spacial score (nSPS) is 17.8. The van der Waals surface area contributed by atoms with Crippen molar-refractivity contribution < 1.29 is 19.1 Å². The van der Waals surface area contributed by atoms with Gasteiger partial charge in [0.1, 0.15) is 5.75 Å². The van der Waals surface area contributed by atoms with E-state index >= 15 is 0 Å². The van der Waals surface area contributed by atoms with Gasteiger partial charge in [0, 0.05) is 22.4 Å². The molecule has 1 saturated heterocycles. The molecule has 1 heterocycles. The Labute approximate surface area is 194 Å². The highest BCUT2D eigenvalue weighted by molar-refractivity contribution is 8.27. The maximum atomic E-state index is 13.0. The van der Waals surface area contributed by atoms with Crippen LogP contribution in [0.4, 0.5) is 4.79 Å². The van der Waals surface area contributed by atoms with E-state index in [1.807, 2.05) is 37.3 Å². The van der Waals surface area contributed by atoms with Gasteiger partial charge in [0.25, 0.3) is 11.1 Å². The number of thioether (sulfide) groups is 2. The van der Waals surface area contributed by atoms with Gasteiger partial charge in [0.2, 0.25) is 0 Å². The zero-order chi connectivity index (χ0) is 22.7. The van der Waals surface area contributed by atoms with Crippen molar-refractivity contribution in [3.63, 3.8) is 0 Å². The summed E-state index contributed by atoms with van der Waals surface area (Å²) in [7, 11) is 1.58. The van der Waals surface area contributed by atoms with Crippen LogP contribution in [-0.2, 0) is 11.2 Å². The molecule has 1 unspecified atom stereocenters. The first kappa shape index (κ1) is 22.2. The Balaban J connectivity index is 1.61. The van der Waals surface area contributed by atoms with Crippen LogP contribution in [0.2, 0.25) is 0 Å². The molecule has 0 aliphatic carbocycles. The number of hydrogen-bond donors (Lipinski definition) is 1. The van der Waals surface area contributed by atoms with Gasteiger partial charge in [-0.15, -0.1) is 0 Å². The first-order chi connectivity index (χ1) is 15.4. The van der Waals surface area contributed by atoms with E-state index in [4.69, 9.17) is 4.74 Å². The highest BCUT2D eigenvalue weighted by Crippen LogP contribution is 2.48. The minimum absolute atomic E-state index is 0.116. The molecule has 1 aliphatic heterocycles. The van der Waals surface area contributed by atoms with Crippen LogP contribution < -0.4 is 10.1 Å². The number of amides is 2. The summed E-state index contributed by atoms with van der Waals surface area (Å²) in [5, 5.41) is 2.06. The second-order valence-corrected chi connectivity index (χ2v) is 10.3. The van der Waals surface area contributed by atoms with Crippen molar-refractivity contribution in [2.75, 3.05) is 7.11 Å². The number of nitrogens with one attached hydrogen (secondary N) is 1. The number of carbonyl (C=O) groups is 3. The molecule has 3 aromatic rings. The molecule has 1 aliphatic rings. The third-order valence-electron chi connectivity index (χ3n) is 5.10. The highest BCUT2D eigenvalue weighted by atomic mass is 32.2. The van der Waals surface area contributed by atoms with Crippen LogP contribution in [-0.4, -0.2) is 28.1 Å². The Morgan fingerprint density at radius 2 is 1.72 bits per heavy atom. The molecule has 0 spiro atoms. The summed E-state index contributed by atoms with van der Waals surface area (Å²) in [5.41, 5.74) is 3.00. The van der Waals surface area contributed by atoms with Gasteiger partial charge in [-0.25, -0.2) is 0 Å². The lowest BCUT2D eigenvalue weighted by Gasteiger charge is -2.24. The first-order valence-electron chi connectivity index (χ1n) is 9.96. The highest BCUT2D eigenvalue weighted by Gasteiger charge is 2.49. The molecule has 32 heavy (non-hydrogen) atoms. The predicted octanol–water partition coefficient (Wildman–Crippen LogP) is 5.25. The summed E-state index contributed by atoms with van der Waals surface area (Å²) in [6, 6.07) is 22.0. The third kappa shape index (κ3) is 4.74. The van der Waals surface area contributed by atoms with Crippen molar-refractivity contribution in [1.82, 2.24) is 5.32 Å². The number of benzene rings is 3. The summed E-state index contributed by atoms with van der Waals surface area (Å²) < 4.78 is 4.12. The molecule has 0 radical (unpaired) electrons. The van der Waals surface area contributed by atoms with Crippen molar-refractivity contribution in [3.8, 4) is 5.75 Å². The molecule has 1 N–H and O–H groups in total. The lowest BCUT2D eigenvalue weighted by molar-refractivity contribution is -0.119. The largest absolute Gasteiger partial charge is 0.497 e. The van der Waals surface area contributed by atoms with Crippen LogP contribution in [0.25, 0.3) is 0 Å². The molecule has 1 atom stereocenters. The molecule has 5 nitrogen and oxygen atoms in total. The molecule has 162 valence electrons. The van der Waals surface area contributed by atoms with E-state index in [1.165, 1.54) is 11.8 Å². The van der Waals surface area contributed by atoms with Gasteiger partial charge in [0.15, 0.2) is 9.86 Å². The second kappa shape index (κ2) is 9.22. The average molecular weight is 464 g/mol. The van der Waals surface area contributed by atoms with Crippen LogP contribution in [0.1, 0.15) is 27.0 Å². The smallest absolute Gasteiger partial charge is 0.287 e. The number of hydrogen-bond acceptors (Lipinski definition) is 6. The number of ether oxygens (including phenoxy) is 1. The number of methoxy groups -OCH3 is 1. The standard InChI is InChI=1S/C25H21NO4S2/c1-16-6-12-21(13-7-16)31-25(23(28)26-24(29)32-25)15-17-4-3-5-19(14-17)22(27)18-8-10-20(30-2)11-9-18/h3-14H,15H2,1-2H3,(H,26,28,29). The second-order valence-electron chi connectivity index (χ2n) is 7.45. The number of ketones is 1. The van der Waals surface area contributed by atoms with Gasteiger partial charge in [-0.3, -0.25) is 19.7 Å². The van der Waals surface area contributed by atoms with E-state index in [0.29, 0.717) is 23.3 Å². The van der Waals surface area contributed by atoms with E-state index in [1.54, 1.807) is 49.6 Å². The lowest BCUT2D eigenvalue weighted by Crippen LogP contribution is -2.35. The summed E-state index contributed by atoms with van der Waals surface area (Å²) >= 11 is 2.35. The van der Waals surface area contributed by atoms with Gasteiger partial charge in [0.05, 0.1) is 7.11 Å². The fraction of sp³-hybridized carbons (Fsp3) is 0.160. The van der Waals surface area contributed by atoms with E-state index in [9.17, 15) is 14.4 Å². The lowest BCUT2D eigenvalue weighted by atomic mass is 9.99. The van der Waals surface area contributed by atoms with Crippen LogP contribution in [0.15, 0.2) is 77.7 Å². The first-order valence-corrected chi connectivity index (χ1v) is 11.6. The van der Waals surface area contributed by atoms with Crippen molar-refractivity contribution >= 4 is 40.5 Å². The Kier molecular flexibility index (Phi) is 6.39. The Bertz CT molecular complexity index is 1180. The maximum absolute atomic E-state index is 13.0. The summed E-state index contributed by atoms with van der Waals surface area (Å²) in [6.07, 6.45) is 0.303. The Hall–Kier alpha value is -3.03. The van der Waals surface area contributed by atoms with Crippen molar-refractivity contribution in [1.29, 1.82) is 0 Å². The fourth-order valence-electron chi connectivity index (χ4n) is 3.43. The van der Waals surface area contributed by atoms with Crippen molar-refractivity contribution in [2.24, 2.45) is 0 Å². The molecule has 3 aromatic carbocycles. The maximum Gasteiger partial charge on any atom is 0.287 e. The van der Waals surface area contributed by atoms with Crippen molar-refractivity contribution in [2.45, 2.75) is 22.3 Å². The molecule has 7 heteroatoms. The zero-order valence-corrected chi connectivity index (χ0v) is 19.2. The number of imide groups is 1. The monoisotopic (exact) mass is 463 g/mol. The van der Waals surface area contributed by atoms with E-state index < -0.39 is 4.08 Å². The fourth-order valence-corrected chi connectivity index (χ4v) is 5.97. The minimum Gasteiger partial charge on any atom is -0.497 e. The van der Waals surface area contributed by atoms with Crippen LogP contribution in [0, 0.1) is 6.92 Å². The third-order valence-corrected chi connectivity index (χ3v) is 7.72. The number of carbonyl (C=O) groups excluding carboxylic acids is 3. The number of aryl methyl sites for hydroxylation is 1. The van der Waals surface area contributed by atoms with Crippen LogP contribution in [0.3, 0.4) is 0 Å². The van der Waals surface area contributed by atoms with E-state index in [-0.39, 0.29) is 16.9 Å². The Morgan fingerprint density at radius 1 is 1.00 bits per heavy atom. The average Bonchev–Trinajstić information content (AvgIpc) is 3.07. The summed E-state index contributed by atoms with van der Waals surface area (Å²) in [6.45, 7) is 2.00. The molecule has 4 rings (SSSR count). The minimum atomic E-state index is -1.03. The van der Waals surface area contributed by atoms with Gasteiger partial charge in [-0.1, -0.05) is 47.7 Å². The molecule has 0 bridgehead atoms. The van der Waals surface area contributed by atoms with E-state index in [2.05, 4.69) is 5.32 Å². The van der Waals surface area contributed by atoms with Crippen LogP contribution in [0.5, 0.6) is 5.75 Å². The molecular formula is C25H21NO4S2. The summed E-state index contributed by atoms with van der Waals surface area (Å²) in [4.78, 5) is 38.8. The molecular weight excluding hydrogens is 442 g/mol. The molecule has 0 saturated carbocycles. The van der Waals surface area contributed by atoms with E-state index in [0.717, 1.165) is 27.8 Å². The topological polar surface area (TPSA) is 72.5 Å². The molecule has 2 amide bonds. The van der Waals surface area contributed by atoms with Gasteiger partial charge in [-0.05, 0) is 66.7 Å². The number of rotatable bonds is 7. The summed E-state index contributed by atoms with van der Waals surface area (Å²) in [5.74, 6) is 0.235. The van der Waals surface area contributed by atoms with Crippen molar-refractivity contribution in [3.05, 3.63) is 95.1 Å². The van der Waals surface area contributed by atoms with Crippen LogP contribution >= 0.6 is 23.5 Å². The predicted molar refractivity (Wildman–Crippen MR) is 127 cm³/mol. The van der Waals surface area contributed by atoms with Gasteiger partial charge in [-0.2, -0.15) is 0 Å². The van der Waals surface area contributed by atoms with Gasteiger partial charge < -0.3 is 4.74 Å². The SMILES string of the molecule is COc1ccc(C(=O)c2cccc(CC3(Sc4ccc(C)cc4)SC(=O)NC3=O)c2)cc1. The van der Waals surface area contributed by atoms with Gasteiger partial charge >= 0.3 is 0 Å². The molecule has 0 aromatic heterocycles. The molecule has 1 fully saturated rings. The Morgan fingerprint density at radius 3 is 2.34 bits per heavy atom.